The smallest absolute Gasteiger partial charge is 0.135 e. The number of furan rings is 1. The Balaban J connectivity index is 1.43. The fourth-order valence-electron chi connectivity index (χ4n) is 6.64. The largest absolute Gasteiger partial charge is 0.456 e. The first-order valence-corrected chi connectivity index (χ1v) is 14.6. The van der Waals surface area contributed by atoms with Crippen molar-refractivity contribution in [2.24, 2.45) is 0 Å². The fraction of sp³-hybridized carbons (Fsp3) is 0. The van der Waals surface area contributed by atoms with Crippen LogP contribution >= 0.6 is 0 Å². The van der Waals surface area contributed by atoms with Crippen LogP contribution in [0.1, 0.15) is 5.56 Å². The zero-order chi connectivity index (χ0) is 28.9. The molecular formula is C42H28O. The molecule has 1 heteroatoms. The summed E-state index contributed by atoms with van der Waals surface area (Å²) in [5.41, 5.74) is 8.86. The molecule has 43 heavy (non-hydrogen) atoms. The molecule has 1 nitrogen and oxygen atoms in total. The molecule has 7 aromatic carbocycles. The van der Waals surface area contributed by atoms with Crippen molar-refractivity contribution in [3.8, 4) is 22.3 Å². The van der Waals surface area contributed by atoms with E-state index in [9.17, 15) is 0 Å². The average Bonchev–Trinajstić information content (AvgIpc) is 3.43. The molecule has 0 amide bonds. The Labute approximate surface area is 250 Å². The van der Waals surface area contributed by atoms with Gasteiger partial charge in [-0.05, 0) is 89.6 Å². The SMILES string of the molecule is C=C/C(c1cccc(-c2c3ccccc3c(-c3ccc4oc5ccccc5c4c3)c3ccccc23)c1)=c1/ccccc1=C. The van der Waals surface area contributed by atoms with E-state index in [1.54, 1.807) is 0 Å². The molecule has 0 saturated carbocycles. The van der Waals surface area contributed by atoms with Crippen LogP contribution in [0.5, 0.6) is 0 Å². The van der Waals surface area contributed by atoms with Gasteiger partial charge in [-0.15, -0.1) is 0 Å². The Morgan fingerprint density at radius 1 is 0.488 bits per heavy atom. The summed E-state index contributed by atoms with van der Waals surface area (Å²) in [4.78, 5) is 0. The quantitative estimate of drug-likeness (QED) is 0.200. The number of fused-ring (bicyclic) bond motifs is 5. The molecule has 8 rings (SSSR count). The van der Waals surface area contributed by atoms with E-state index in [0.717, 1.165) is 43.5 Å². The van der Waals surface area contributed by atoms with Crippen molar-refractivity contribution in [1.82, 2.24) is 0 Å². The molecule has 1 aromatic heterocycles. The van der Waals surface area contributed by atoms with E-state index < -0.39 is 0 Å². The molecule has 0 N–H and O–H groups in total. The second-order valence-corrected chi connectivity index (χ2v) is 11.0. The molecule has 0 saturated heterocycles. The lowest BCUT2D eigenvalue weighted by molar-refractivity contribution is 0.669. The molecular weight excluding hydrogens is 520 g/mol. The van der Waals surface area contributed by atoms with Crippen molar-refractivity contribution >= 4 is 55.6 Å². The fourth-order valence-corrected chi connectivity index (χ4v) is 6.64. The first kappa shape index (κ1) is 25.1. The molecule has 0 spiro atoms. The van der Waals surface area contributed by atoms with Gasteiger partial charge >= 0.3 is 0 Å². The minimum Gasteiger partial charge on any atom is -0.456 e. The summed E-state index contributed by atoms with van der Waals surface area (Å²) in [5.74, 6) is 0. The van der Waals surface area contributed by atoms with Gasteiger partial charge in [0.05, 0.1) is 0 Å². The van der Waals surface area contributed by atoms with E-state index in [2.05, 4.69) is 128 Å². The van der Waals surface area contributed by atoms with E-state index in [-0.39, 0.29) is 0 Å². The van der Waals surface area contributed by atoms with Crippen LogP contribution in [0.3, 0.4) is 0 Å². The van der Waals surface area contributed by atoms with Gasteiger partial charge in [0.1, 0.15) is 11.2 Å². The van der Waals surface area contributed by atoms with Crippen molar-refractivity contribution in [3.05, 3.63) is 168 Å². The summed E-state index contributed by atoms with van der Waals surface area (Å²) < 4.78 is 6.16. The van der Waals surface area contributed by atoms with E-state index >= 15 is 0 Å². The molecule has 0 radical (unpaired) electrons. The molecule has 0 bridgehead atoms. The Hall–Kier alpha value is -5.66. The van der Waals surface area contributed by atoms with Crippen molar-refractivity contribution in [1.29, 1.82) is 0 Å². The van der Waals surface area contributed by atoms with Gasteiger partial charge in [-0.1, -0.05) is 134 Å². The Kier molecular flexibility index (Phi) is 5.84. The maximum Gasteiger partial charge on any atom is 0.135 e. The van der Waals surface area contributed by atoms with Gasteiger partial charge in [0.25, 0.3) is 0 Å². The number of para-hydroxylation sites is 1. The lowest BCUT2D eigenvalue weighted by Gasteiger charge is -2.18. The normalized spacial score (nSPS) is 12.3. The minimum absolute atomic E-state index is 0.908. The molecule has 0 fully saturated rings. The van der Waals surface area contributed by atoms with Crippen LogP contribution in [0, 0.1) is 0 Å². The van der Waals surface area contributed by atoms with E-state index in [1.165, 1.54) is 43.8 Å². The Bertz CT molecular complexity index is 2440. The highest BCUT2D eigenvalue weighted by molar-refractivity contribution is 6.22. The van der Waals surface area contributed by atoms with Gasteiger partial charge in [0.15, 0.2) is 0 Å². The molecule has 0 unspecified atom stereocenters. The summed E-state index contributed by atoms with van der Waals surface area (Å²) in [7, 11) is 0. The van der Waals surface area contributed by atoms with Crippen molar-refractivity contribution in [2.75, 3.05) is 0 Å². The van der Waals surface area contributed by atoms with Crippen LogP contribution in [-0.2, 0) is 0 Å². The molecule has 8 aromatic rings. The molecule has 0 atom stereocenters. The molecule has 1 heterocycles. The monoisotopic (exact) mass is 548 g/mol. The lowest BCUT2D eigenvalue weighted by atomic mass is 9.85. The third kappa shape index (κ3) is 4.01. The number of benzene rings is 7. The molecule has 0 aliphatic heterocycles. The van der Waals surface area contributed by atoms with E-state index in [0.29, 0.717) is 0 Å². The Morgan fingerprint density at radius 2 is 1.05 bits per heavy atom. The minimum atomic E-state index is 0.908. The predicted molar refractivity (Wildman–Crippen MR) is 184 cm³/mol. The predicted octanol–water partition coefficient (Wildman–Crippen LogP) is 10.0. The van der Waals surface area contributed by atoms with E-state index in [1.807, 2.05) is 30.3 Å². The molecule has 0 aliphatic carbocycles. The van der Waals surface area contributed by atoms with Crippen LogP contribution in [0.2, 0.25) is 0 Å². The lowest BCUT2D eigenvalue weighted by Crippen LogP contribution is -2.24. The first-order valence-electron chi connectivity index (χ1n) is 14.6. The van der Waals surface area contributed by atoms with Gasteiger partial charge in [-0.3, -0.25) is 0 Å². The first-order chi connectivity index (χ1) is 21.2. The summed E-state index contributed by atoms with van der Waals surface area (Å²) in [5, 5.41) is 9.27. The number of hydrogen-bond donors (Lipinski definition) is 0. The third-order valence-electron chi connectivity index (χ3n) is 8.57. The van der Waals surface area contributed by atoms with Crippen molar-refractivity contribution in [3.63, 3.8) is 0 Å². The summed E-state index contributed by atoms with van der Waals surface area (Å²) in [6, 6.07) is 49.5. The second-order valence-electron chi connectivity index (χ2n) is 11.0. The van der Waals surface area contributed by atoms with Gasteiger partial charge in [-0.2, -0.15) is 0 Å². The molecule has 0 aliphatic rings. The molecule has 202 valence electrons. The zero-order valence-electron chi connectivity index (χ0n) is 23.7. The summed E-state index contributed by atoms with van der Waals surface area (Å²) >= 11 is 0. The maximum atomic E-state index is 6.16. The van der Waals surface area contributed by atoms with Crippen LogP contribution in [0.15, 0.2) is 157 Å². The van der Waals surface area contributed by atoms with Crippen LogP contribution in [-0.4, -0.2) is 0 Å². The maximum absolute atomic E-state index is 6.16. The highest BCUT2D eigenvalue weighted by Crippen LogP contribution is 2.45. The van der Waals surface area contributed by atoms with Gasteiger partial charge in [0.2, 0.25) is 0 Å². The number of rotatable bonds is 4. The van der Waals surface area contributed by atoms with Crippen LogP contribution in [0.4, 0.5) is 0 Å². The highest BCUT2D eigenvalue weighted by Gasteiger charge is 2.18. The van der Waals surface area contributed by atoms with Crippen LogP contribution < -0.4 is 10.4 Å². The number of hydrogen-bond acceptors (Lipinski definition) is 1. The summed E-state index contributed by atoms with van der Waals surface area (Å²) in [6.45, 7) is 8.44. The Morgan fingerprint density at radius 3 is 1.70 bits per heavy atom. The topological polar surface area (TPSA) is 13.1 Å². The highest BCUT2D eigenvalue weighted by atomic mass is 16.3. The van der Waals surface area contributed by atoms with E-state index in [4.69, 9.17) is 4.42 Å². The van der Waals surface area contributed by atoms with Crippen LogP contribution in [0.25, 0.3) is 77.9 Å². The zero-order valence-corrected chi connectivity index (χ0v) is 23.7. The van der Waals surface area contributed by atoms with Crippen molar-refractivity contribution in [2.45, 2.75) is 0 Å². The second kappa shape index (κ2) is 10.0. The summed E-state index contributed by atoms with van der Waals surface area (Å²) in [6.07, 6.45) is 1.94. The third-order valence-corrected chi connectivity index (χ3v) is 8.57. The standard InChI is InChI=1S/C42H28O/c1-3-31(32-16-5-4-13-27(32)2)28-14-12-15-29(25-28)41-34-18-6-8-20-36(34)42(37-21-9-7-19-35(37)41)30-23-24-40-38(26-30)33-17-10-11-22-39(33)43-40/h3-26H,1-2H2/b32-31+. The van der Waals surface area contributed by atoms with Gasteiger partial charge < -0.3 is 4.42 Å². The van der Waals surface area contributed by atoms with Crippen molar-refractivity contribution < 1.29 is 4.42 Å². The van der Waals surface area contributed by atoms with Gasteiger partial charge in [-0.25, -0.2) is 0 Å². The van der Waals surface area contributed by atoms with Gasteiger partial charge in [0, 0.05) is 10.8 Å². The average molecular weight is 549 g/mol. The number of allylic oxidation sites excluding steroid dienone is 1.